The zero-order valence-corrected chi connectivity index (χ0v) is 19.3. The van der Waals surface area contributed by atoms with Gasteiger partial charge in [-0.3, -0.25) is 14.5 Å². The third kappa shape index (κ3) is 5.51. The minimum absolute atomic E-state index is 0.0598. The molecule has 0 spiro atoms. The van der Waals surface area contributed by atoms with Crippen molar-refractivity contribution in [1.82, 2.24) is 4.90 Å². The summed E-state index contributed by atoms with van der Waals surface area (Å²) in [5, 5.41) is 3.47. The summed E-state index contributed by atoms with van der Waals surface area (Å²) < 4.78 is 5.15. The van der Waals surface area contributed by atoms with E-state index in [9.17, 15) is 14.4 Å². The van der Waals surface area contributed by atoms with E-state index in [1.807, 2.05) is 38.1 Å². The molecular weight excluding hydrogens is 414 g/mol. The summed E-state index contributed by atoms with van der Waals surface area (Å²) in [5.41, 5.74) is 3.10. The van der Waals surface area contributed by atoms with Gasteiger partial charge in [-0.05, 0) is 57.5 Å². The first-order valence-corrected chi connectivity index (χ1v) is 11.3. The lowest BCUT2D eigenvalue weighted by Gasteiger charge is -2.35. The fourth-order valence-electron chi connectivity index (χ4n) is 3.60. The van der Waals surface area contributed by atoms with Gasteiger partial charge in [0.25, 0.3) is 0 Å². The normalized spacial score (nSPS) is 14.4. The second kappa shape index (κ2) is 10.1. The number of ketones is 1. The van der Waals surface area contributed by atoms with Gasteiger partial charge in [0.15, 0.2) is 5.78 Å². The molecule has 3 rings (SSSR count). The molecule has 1 aliphatic rings. The van der Waals surface area contributed by atoms with Crippen LogP contribution in [0.5, 0.6) is 0 Å². The van der Waals surface area contributed by atoms with E-state index in [4.69, 9.17) is 4.74 Å². The Morgan fingerprint density at radius 2 is 1.71 bits per heavy atom. The maximum Gasteiger partial charge on any atom is 0.341 e. The molecular formula is C23H29N3O4S. The van der Waals surface area contributed by atoms with Crippen molar-refractivity contribution in [3.8, 4) is 0 Å². The average molecular weight is 444 g/mol. The van der Waals surface area contributed by atoms with Gasteiger partial charge in [-0.2, -0.15) is 0 Å². The summed E-state index contributed by atoms with van der Waals surface area (Å²) >= 11 is 1.40. The number of rotatable bonds is 7. The lowest BCUT2D eigenvalue weighted by atomic mass is 10.1. The van der Waals surface area contributed by atoms with Gasteiger partial charge in [0, 0.05) is 42.3 Å². The molecule has 1 fully saturated rings. The third-order valence-electron chi connectivity index (χ3n) is 5.50. The first-order chi connectivity index (χ1) is 14.8. The van der Waals surface area contributed by atoms with Crippen LogP contribution in [0, 0.1) is 13.8 Å². The molecule has 7 nitrogen and oxygen atoms in total. The van der Waals surface area contributed by atoms with Crippen molar-refractivity contribution < 1.29 is 19.1 Å². The summed E-state index contributed by atoms with van der Waals surface area (Å²) in [6, 6.07) is 7.64. The van der Waals surface area contributed by atoms with Gasteiger partial charge >= 0.3 is 5.97 Å². The fourth-order valence-corrected chi connectivity index (χ4v) is 4.67. The molecule has 2 heterocycles. The molecule has 0 atom stereocenters. The first-order valence-electron chi connectivity index (χ1n) is 10.5. The number of esters is 1. The fraction of sp³-hybridized carbons (Fsp3) is 0.435. The maximum atomic E-state index is 12.6. The number of ether oxygens (including phenoxy) is 1. The number of thiophene rings is 1. The van der Waals surface area contributed by atoms with Gasteiger partial charge < -0.3 is 15.0 Å². The Bertz CT molecular complexity index is 960. The monoisotopic (exact) mass is 443 g/mol. The zero-order valence-electron chi connectivity index (χ0n) is 18.5. The number of benzene rings is 1. The lowest BCUT2D eigenvalue weighted by Crippen LogP contribution is -2.48. The number of aryl methyl sites for hydroxylation is 1. The SMILES string of the molecule is CCOC(=O)c1c(NC(=O)CN2CCN(c3ccc(C(C)=O)cc3)CC2)sc(C)c1C. The summed E-state index contributed by atoms with van der Waals surface area (Å²) in [5.74, 6) is -0.472. The average Bonchev–Trinajstić information content (AvgIpc) is 3.01. The lowest BCUT2D eigenvalue weighted by molar-refractivity contribution is -0.117. The number of Topliss-reactive ketones (excluding diaryl/α,β-unsaturated/α-hetero) is 1. The number of anilines is 2. The van der Waals surface area contributed by atoms with Crippen molar-refractivity contribution in [2.24, 2.45) is 0 Å². The molecule has 0 unspecified atom stereocenters. The van der Waals surface area contributed by atoms with Crippen LogP contribution in [0.15, 0.2) is 24.3 Å². The summed E-state index contributed by atoms with van der Waals surface area (Å²) in [7, 11) is 0. The second-order valence-corrected chi connectivity index (χ2v) is 8.85. The van der Waals surface area contributed by atoms with E-state index >= 15 is 0 Å². The number of nitrogens with zero attached hydrogens (tertiary/aromatic N) is 2. The Kier molecular flexibility index (Phi) is 7.46. The van der Waals surface area contributed by atoms with Crippen molar-refractivity contribution in [2.45, 2.75) is 27.7 Å². The van der Waals surface area contributed by atoms with Gasteiger partial charge in [0.2, 0.25) is 5.91 Å². The topological polar surface area (TPSA) is 79.0 Å². The van der Waals surface area contributed by atoms with E-state index in [1.54, 1.807) is 13.8 Å². The molecule has 1 saturated heterocycles. The van der Waals surface area contributed by atoms with Crippen LogP contribution in [-0.4, -0.2) is 61.9 Å². The Morgan fingerprint density at radius 3 is 2.29 bits per heavy atom. The van der Waals surface area contributed by atoms with E-state index in [1.165, 1.54) is 11.3 Å². The molecule has 2 aromatic rings. The Morgan fingerprint density at radius 1 is 1.06 bits per heavy atom. The van der Waals surface area contributed by atoms with Gasteiger partial charge in [-0.25, -0.2) is 4.79 Å². The van der Waals surface area contributed by atoms with Crippen molar-refractivity contribution in [3.05, 3.63) is 45.8 Å². The van der Waals surface area contributed by atoms with Crippen LogP contribution in [0.2, 0.25) is 0 Å². The number of hydrogen-bond acceptors (Lipinski definition) is 7. The highest BCUT2D eigenvalue weighted by Gasteiger charge is 2.24. The van der Waals surface area contributed by atoms with Crippen molar-refractivity contribution in [3.63, 3.8) is 0 Å². The molecule has 1 aliphatic heterocycles. The van der Waals surface area contributed by atoms with E-state index in [2.05, 4.69) is 15.1 Å². The molecule has 1 aromatic heterocycles. The quantitative estimate of drug-likeness (QED) is 0.521. The number of amides is 1. The highest BCUT2D eigenvalue weighted by molar-refractivity contribution is 7.16. The van der Waals surface area contributed by atoms with E-state index < -0.39 is 5.97 Å². The van der Waals surface area contributed by atoms with Gasteiger partial charge in [-0.1, -0.05) is 0 Å². The largest absolute Gasteiger partial charge is 0.462 e. The van der Waals surface area contributed by atoms with Crippen molar-refractivity contribution in [1.29, 1.82) is 0 Å². The molecule has 1 N–H and O–H groups in total. The van der Waals surface area contributed by atoms with Crippen molar-refractivity contribution >= 4 is 39.7 Å². The van der Waals surface area contributed by atoms with Crippen LogP contribution < -0.4 is 10.2 Å². The number of carbonyl (C=O) groups excluding carboxylic acids is 3. The Hall–Kier alpha value is -2.71. The van der Waals surface area contributed by atoms with Crippen molar-refractivity contribution in [2.75, 3.05) is 49.5 Å². The number of nitrogens with one attached hydrogen (secondary N) is 1. The van der Waals surface area contributed by atoms with Crippen LogP contribution in [0.1, 0.15) is 45.0 Å². The van der Waals surface area contributed by atoms with Crippen LogP contribution in [0.25, 0.3) is 0 Å². The van der Waals surface area contributed by atoms with Gasteiger partial charge in [0.05, 0.1) is 18.7 Å². The Balaban J connectivity index is 1.55. The summed E-state index contributed by atoms with van der Waals surface area (Å²) in [6.45, 7) is 10.8. The highest BCUT2D eigenvalue weighted by Crippen LogP contribution is 2.33. The molecule has 0 saturated carbocycles. The molecule has 1 amide bonds. The predicted octanol–water partition coefficient (Wildman–Crippen LogP) is 3.50. The minimum Gasteiger partial charge on any atom is -0.462 e. The smallest absolute Gasteiger partial charge is 0.341 e. The number of hydrogen-bond donors (Lipinski definition) is 1. The minimum atomic E-state index is -0.399. The van der Waals surface area contributed by atoms with Gasteiger partial charge in [-0.15, -0.1) is 11.3 Å². The van der Waals surface area contributed by atoms with E-state index in [0.717, 1.165) is 42.3 Å². The molecule has 0 bridgehead atoms. The molecule has 8 heteroatoms. The second-order valence-electron chi connectivity index (χ2n) is 7.62. The molecule has 1 aromatic carbocycles. The van der Waals surface area contributed by atoms with Crippen LogP contribution in [-0.2, 0) is 9.53 Å². The third-order valence-corrected chi connectivity index (χ3v) is 6.62. The zero-order chi connectivity index (χ0) is 22.5. The van der Waals surface area contributed by atoms with E-state index in [-0.39, 0.29) is 18.2 Å². The highest BCUT2D eigenvalue weighted by atomic mass is 32.1. The maximum absolute atomic E-state index is 12.6. The van der Waals surface area contributed by atoms with Crippen LogP contribution in [0.4, 0.5) is 10.7 Å². The summed E-state index contributed by atoms with van der Waals surface area (Å²) in [4.78, 5) is 41.7. The van der Waals surface area contributed by atoms with Gasteiger partial charge in [0.1, 0.15) is 5.00 Å². The molecule has 31 heavy (non-hydrogen) atoms. The molecule has 166 valence electrons. The standard InChI is InChI=1S/C23H29N3O4S/c1-5-30-23(29)21-15(2)17(4)31-22(21)24-20(28)14-25-10-12-26(13-11-25)19-8-6-18(7-9-19)16(3)27/h6-9H,5,10-14H2,1-4H3,(H,24,28). The predicted molar refractivity (Wildman–Crippen MR) is 123 cm³/mol. The first kappa shape index (κ1) is 23.0. The van der Waals surface area contributed by atoms with E-state index in [0.29, 0.717) is 22.7 Å². The number of piperazine rings is 1. The molecule has 0 aliphatic carbocycles. The molecule has 0 radical (unpaired) electrons. The summed E-state index contributed by atoms with van der Waals surface area (Å²) in [6.07, 6.45) is 0. The Labute approximate surface area is 187 Å². The van der Waals surface area contributed by atoms with Crippen LogP contribution in [0.3, 0.4) is 0 Å². The number of carbonyl (C=O) groups is 3. The van der Waals surface area contributed by atoms with Crippen LogP contribution >= 0.6 is 11.3 Å².